The lowest BCUT2D eigenvalue weighted by Crippen LogP contribution is -2.02. The molecule has 0 saturated carbocycles. The molecule has 0 radical (unpaired) electrons. The molecule has 4 rings (SSSR count). The lowest BCUT2D eigenvalue weighted by atomic mass is 10.0. The van der Waals surface area contributed by atoms with Crippen LogP contribution >= 0.6 is 10.9 Å². The predicted molar refractivity (Wildman–Crippen MR) is 106 cm³/mol. The van der Waals surface area contributed by atoms with Gasteiger partial charge in [-0.15, -0.1) is 0 Å². The minimum Gasteiger partial charge on any atom is -0.195 e. The van der Waals surface area contributed by atoms with Gasteiger partial charge in [0.1, 0.15) is 0 Å². The summed E-state index contributed by atoms with van der Waals surface area (Å²) in [6.45, 7) is 2.26. The van der Waals surface area contributed by atoms with Gasteiger partial charge in [-0.05, 0) is 63.1 Å². The van der Waals surface area contributed by atoms with E-state index < -0.39 is 0 Å². The van der Waals surface area contributed by atoms with E-state index in [9.17, 15) is 0 Å². The van der Waals surface area contributed by atoms with E-state index in [1.807, 2.05) is 0 Å². The maximum atomic E-state index is 2.38. The number of hydrogen-bond acceptors (Lipinski definition) is 0. The van der Waals surface area contributed by atoms with Crippen molar-refractivity contribution in [2.75, 3.05) is 0 Å². The Bertz CT molecular complexity index is 833. The third-order valence-corrected chi connectivity index (χ3v) is 7.45. The molecule has 0 amide bonds. The minimum atomic E-state index is -0.295. The fourth-order valence-electron chi connectivity index (χ4n) is 3.57. The Morgan fingerprint density at radius 1 is 0.792 bits per heavy atom. The second kappa shape index (κ2) is 6.86. The van der Waals surface area contributed by atoms with Crippen molar-refractivity contribution in [2.45, 2.75) is 41.7 Å². The molecule has 0 N–H and O–H groups in total. The van der Waals surface area contributed by atoms with Crippen LogP contribution in [0, 0.1) is 0 Å². The van der Waals surface area contributed by atoms with Gasteiger partial charge in [-0.25, -0.2) is 0 Å². The summed E-state index contributed by atoms with van der Waals surface area (Å²) in [5.41, 5.74) is 5.82. The smallest absolute Gasteiger partial charge is 0.00837 e. The standard InChI is InChI=1S/C23H24S/c1-2-3-8-18-13-15-20(16-14-18)24-17-19-9-4-5-10-21(19)22-11-6-7-12-23(22)24/h4-7,9-16,24H,2-3,8,17H2,1H3. The summed E-state index contributed by atoms with van der Waals surface area (Å²) >= 11 is 0. The average Bonchev–Trinajstić information content (AvgIpc) is 2.66. The Morgan fingerprint density at radius 2 is 1.50 bits per heavy atom. The molecule has 0 aromatic heterocycles. The third-order valence-electron chi connectivity index (χ3n) is 4.90. The number of rotatable bonds is 4. The predicted octanol–water partition coefficient (Wildman–Crippen LogP) is 6.63. The van der Waals surface area contributed by atoms with E-state index in [0.717, 1.165) is 5.75 Å². The molecule has 0 nitrogen and oxygen atoms in total. The van der Waals surface area contributed by atoms with Crippen molar-refractivity contribution in [3.8, 4) is 11.1 Å². The fraction of sp³-hybridized carbons (Fsp3) is 0.217. The molecule has 1 heteroatoms. The van der Waals surface area contributed by atoms with Gasteiger partial charge in [0.2, 0.25) is 0 Å². The first-order chi connectivity index (χ1) is 11.9. The Balaban J connectivity index is 1.72. The summed E-state index contributed by atoms with van der Waals surface area (Å²) in [7, 11) is -0.295. The Kier molecular flexibility index (Phi) is 4.44. The zero-order chi connectivity index (χ0) is 16.4. The van der Waals surface area contributed by atoms with E-state index >= 15 is 0 Å². The molecular weight excluding hydrogens is 308 g/mol. The van der Waals surface area contributed by atoms with E-state index in [1.165, 1.54) is 51.3 Å². The molecule has 1 atom stereocenters. The molecular formula is C23H24S. The van der Waals surface area contributed by atoms with Gasteiger partial charge in [0.15, 0.2) is 0 Å². The van der Waals surface area contributed by atoms with Crippen molar-refractivity contribution in [2.24, 2.45) is 0 Å². The first-order valence-corrected chi connectivity index (χ1v) is 10.4. The highest BCUT2D eigenvalue weighted by Gasteiger charge is 2.22. The molecule has 0 spiro atoms. The maximum Gasteiger partial charge on any atom is 0.00837 e. The maximum absolute atomic E-state index is 2.38. The van der Waals surface area contributed by atoms with Crippen molar-refractivity contribution in [1.82, 2.24) is 0 Å². The van der Waals surface area contributed by atoms with Crippen molar-refractivity contribution < 1.29 is 0 Å². The van der Waals surface area contributed by atoms with Crippen molar-refractivity contribution in [1.29, 1.82) is 0 Å². The molecule has 0 bridgehead atoms. The lowest BCUT2D eigenvalue weighted by Gasteiger charge is -2.31. The van der Waals surface area contributed by atoms with Crippen LogP contribution in [0.15, 0.2) is 82.6 Å². The van der Waals surface area contributed by atoms with E-state index in [0.29, 0.717) is 0 Å². The summed E-state index contributed by atoms with van der Waals surface area (Å²) in [6.07, 6.45) is 3.75. The van der Waals surface area contributed by atoms with Gasteiger partial charge < -0.3 is 0 Å². The molecule has 1 aliphatic rings. The van der Waals surface area contributed by atoms with Crippen molar-refractivity contribution in [3.05, 3.63) is 83.9 Å². The van der Waals surface area contributed by atoms with Gasteiger partial charge in [-0.3, -0.25) is 0 Å². The molecule has 0 saturated heterocycles. The van der Waals surface area contributed by atoms with E-state index in [4.69, 9.17) is 0 Å². The first-order valence-electron chi connectivity index (χ1n) is 8.90. The Morgan fingerprint density at radius 3 is 2.29 bits per heavy atom. The molecule has 122 valence electrons. The highest BCUT2D eigenvalue weighted by Crippen LogP contribution is 2.55. The molecule has 3 aromatic carbocycles. The number of benzene rings is 3. The quantitative estimate of drug-likeness (QED) is 0.509. The van der Waals surface area contributed by atoms with E-state index in [1.54, 1.807) is 0 Å². The van der Waals surface area contributed by atoms with Crippen molar-refractivity contribution in [3.63, 3.8) is 0 Å². The zero-order valence-corrected chi connectivity index (χ0v) is 15.1. The molecule has 24 heavy (non-hydrogen) atoms. The van der Waals surface area contributed by atoms with Crippen LogP contribution in [-0.2, 0) is 12.2 Å². The zero-order valence-electron chi connectivity index (χ0n) is 14.2. The SMILES string of the molecule is CCCCc1ccc([SH]2Cc3ccccc3-c3ccccc32)cc1. The molecule has 1 aliphatic heterocycles. The Labute approximate surface area is 147 Å². The van der Waals surface area contributed by atoms with Crippen LogP contribution in [-0.4, -0.2) is 0 Å². The summed E-state index contributed by atoms with van der Waals surface area (Å²) < 4.78 is 0. The first kappa shape index (κ1) is 15.5. The summed E-state index contributed by atoms with van der Waals surface area (Å²) in [5, 5.41) is 0. The average molecular weight is 333 g/mol. The van der Waals surface area contributed by atoms with Crippen LogP contribution in [0.3, 0.4) is 0 Å². The molecule has 1 unspecified atom stereocenters. The van der Waals surface area contributed by atoms with Gasteiger partial charge in [-0.2, -0.15) is 10.9 Å². The summed E-state index contributed by atoms with van der Waals surface area (Å²) in [5.74, 6) is 1.16. The largest absolute Gasteiger partial charge is 0.195 e. The van der Waals surface area contributed by atoms with Crippen LogP contribution < -0.4 is 0 Å². The highest BCUT2D eigenvalue weighted by molar-refractivity contribution is 8.16. The van der Waals surface area contributed by atoms with Gasteiger partial charge in [0, 0.05) is 5.75 Å². The fourth-order valence-corrected chi connectivity index (χ4v) is 6.08. The normalized spacial score (nSPS) is 17.1. The van der Waals surface area contributed by atoms with Gasteiger partial charge in [0.25, 0.3) is 0 Å². The molecule has 0 aliphatic carbocycles. The number of aryl methyl sites for hydroxylation is 1. The Hall–Kier alpha value is -1.99. The van der Waals surface area contributed by atoms with Crippen LogP contribution in [0.4, 0.5) is 0 Å². The minimum absolute atomic E-state index is 0.295. The second-order valence-corrected chi connectivity index (χ2v) is 8.70. The summed E-state index contributed by atoms with van der Waals surface area (Å²) in [4.78, 5) is 3.04. The van der Waals surface area contributed by atoms with Crippen LogP contribution in [0.1, 0.15) is 30.9 Å². The molecule has 0 fully saturated rings. The van der Waals surface area contributed by atoms with Gasteiger partial charge in [-0.1, -0.05) is 67.9 Å². The monoisotopic (exact) mass is 332 g/mol. The second-order valence-electron chi connectivity index (χ2n) is 6.53. The van der Waals surface area contributed by atoms with Crippen LogP contribution in [0.2, 0.25) is 0 Å². The van der Waals surface area contributed by atoms with E-state index in [-0.39, 0.29) is 10.9 Å². The number of fused-ring (bicyclic) bond motifs is 3. The topological polar surface area (TPSA) is 0 Å². The lowest BCUT2D eigenvalue weighted by molar-refractivity contribution is 0.794. The molecule has 1 heterocycles. The van der Waals surface area contributed by atoms with Crippen LogP contribution in [0.25, 0.3) is 11.1 Å². The number of thiol groups is 1. The van der Waals surface area contributed by atoms with Crippen molar-refractivity contribution >= 4 is 10.9 Å². The van der Waals surface area contributed by atoms with Gasteiger partial charge >= 0.3 is 0 Å². The third kappa shape index (κ3) is 2.89. The number of hydrogen-bond donors (Lipinski definition) is 1. The highest BCUT2D eigenvalue weighted by atomic mass is 32.2. The summed E-state index contributed by atoms with van der Waals surface area (Å²) in [6, 6.07) is 27.3. The number of unbranched alkanes of at least 4 members (excludes halogenated alkanes) is 1. The van der Waals surface area contributed by atoms with E-state index in [2.05, 4.69) is 79.7 Å². The van der Waals surface area contributed by atoms with Gasteiger partial charge in [0.05, 0.1) is 0 Å². The molecule has 3 aromatic rings. The van der Waals surface area contributed by atoms with Crippen LogP contribution in [0.5, 0.6) is 0 Å².